The van der Waals surface area contributed by atoms with Gasteiger partial charge in [0.2, 0.25) is 0 Å². The third kappa shape index (κ3) is 9.92. The summed E-state index contributed by atoms with van der Waals surface area (Å²) in [5.74, 6) is 0. The summed E-state index contributed by atoms with van der Waals surface area (Å²) in [6.07, 6.45) is 1.57. The second-order valence-electron chi connectivity index (χ2n) is 3.95. The summed E-state index contributed by atoms with van der Waals surface area (Å²) in [6, 6.07) is 0. The molecule has 68 valence electrons. The molecule has 0 spiro atoms. The topological polar surface area (TPSA) is 29.5 Å². The largest absolute Gasteiger partial charge is 0.393 e. The van der Waals surface area contributed by atoms with E-state index in [2.05, 4.69) is 0 Å². The van der Waals surface area contributed by atoms with Gasteiger partial charge in [-0.3, -0.25) is 0 Å². The Kier molecular flexibility index (Phi) is 4.69. The smallest absolute Gasteiger partial charge is 0.0598 e. The zero-order valence-electron chi connectivity index (χ0n) is 8.05. The highest BCUT2D eigenvalue weighted by molar-refractivity contribution is 4.58. The third-order valence-electron chi connectivity index (χ3n) is 1.30. The molecule has 0 unspecified atom stereocenters. The first-order valence-electron chi connectivity index (χ1n) is 4.24. The van der Waals surface area contributed by atoms with Gasteiger partial charge in [0.05, 0.1) is 11.7 Å². The summed E-state index contributed by atoms with van der Waals surface area (Å²) in [6.45, 7) is 8.66. The van der Waals surface area contributed by atoms with E-state index in [4.69, 9.17) is 9.84 Å². The molecule has 0 aliphatic heterocycles. The summed E-state index contributed by atoms with van der Waals surface area (Å²) in [5.41, 5.74) is -0.0430. The number of aliphatic hydroxyl groups excluding tert-OH is 1. The molecule has 0 radical (unpaired) electrons. The minimum atomic E-state index is -0.196. The Morgan fingerprint density at radius 1 is 1.36 bits per heavy atom. The molecule has 1 N–H and O–H groups in total. The van der Waals surface area contributed by atoms with Gasteiger partial charge in [-0.05, 0) is 40.5 Å². The quantitative estimate of drug-likeness (QED) is 0.637. The van der Waals surface area contributed by atoms with E-state index in [-0.39, 0.29) is 11.7 Å². The van der Waals surface area contributed by atoms with Gasteiger partial charge in [0.1, 0.15) is 0 Å². The van der Waals surface area contributed by atoms with Crippen LogP contribution in [0.4, 0.5) is 0 Å². The lowest BCUT2D eigenvalue weighted by Crippen LogP contribution is -2.20. The minimum Gasteiger partial charge on any atom is -0.393 e. The summed E-state index contributed by atoms with van der Waals surface area (Å²) >= 11 is 0. The van der Waals surface area contributed by atoms with Crippen LogP contribution in [0, 0.1) is 0 Å². The average molecular weight is 160 g/mol. The van der Waals surface area contributed by atoms with E-state index in [0.29, 0.717) is 0 Å². The standard InChI is InChI=1S/C9H20O2/c1-8(10)6-5-7-11-9(2,3)4/h8,10H,5-7H2,1-4H3/t8-/m1/s1. The Balaban J connectivity index is 3.15. The zero-order chi connectivity index (χ0) is 8.91. The highest BCUT2D eigenvalue weighted by Crippen LogP contribution is 2.08. The van der Waals surface area contributed by atoms with Gasteiger partial charge >= 0.3 is 0 Å². The Bertz CT molecular complexity index is 92.2. The molecule has 1 atom stereocenters. The second kappa shape index (κ2) is 4.73. The van der Waals surface area contributed by atoms with Crippen molar-refractivity contribution in [1.82, 2.24) is 0 Å². The molecule has 0 rings (SSSR count). The molecule has 0 bridgehead atoms. The summed E-state index contributed by atoms with van der Waals surface area (Å²) in [7, 11) is 0. The summed E-state index contributed by atoms with van der Waals surface area (Å²) < 4.78 is 5.47. The van der Waals surface area contributed by atoms with Crippen molar-refractivity contribution >= 4 is 0 Å². The van der Waals surface area contributed by atoms with Gasteiger partial charge in [-0.15, -0.1) is 0 Å². The van der Waals surface area contributed by atoms with Crippen LogP contribution in [0.5, 0.6) is 0 Å². The van der Waals surface area contributed by atoms with Crippen LogP contribution in [0.1, 0.15) is 40.5 Å². The van der Waals surface area contributed by atoms with Crippen LogP contribution < -0.4 is 0 Å². The molecule has 0 aliphatic rings. The van der Waals surface area contributed by atoms with Gasteiger partial charge < -0.3 is 9.84 Å². The van der Waals surface area contributed by atoms with Crippen molar-refractivity contribution in [3.8, 4) is 0 Å². The fraction of sp³-hybridized carbons (Fsp3) is 1.00. The molecule has 11 heavy (non-hydrogen) atoms. The monoisotopic (exact) mass is 160 g/mol. The van der Waals surface area contributed by atoms with Gasteiger partial charge in [0.25, 0.3) is 0 Å². The van der Waals surface area contributed by atoms with Crippen LogP contribution in [-0.4, -0.2) is 23.4 Å². The average Bonchev–Trinajstić information content (AvgIpc) is 1.78. The number of hydrogen-bond acceptors (Lipinski definition) is 2. The van der Waals surface area contributed by atoms with E-state index < -0.39 is 0 Å². The van der Waals surface area contributed by atoms with Crippen LogP contribution in [-0.2, 0) is 4.74 Å². The maximum absolute atomic E-state index is 8.93. The molecule has 0 aromatic carbocycles. The SMILES string of the molecule is C[C@@H](O)CCCOC(C)(C)C. The summed E-state index contributed by atoms with van der Waals surface area (Å²) in [5, 5.41) is 8.93. The van der Waals surface area contributed by atoms with Crippen LogP contribution in [0.2, 0.25) is 0 Å². The molecule has 2 heteroatoms. The highest BCUT2D eigenvalue weighted by Gasteiger charge is 2.08. The van der Waals surface area contributed by atoms with Crippen LogP contribution in [0.3, 0.4) is 0 Å². The van der Waals surface area contributed by atoms with Crippen LogP contribution >= 0.6 is 0 Å². The Morgan fingerprint density at radius 2 is 1.91 bits per heavy atom. The number of aliphatic hydroxyl groups is 1. The first-order chi connectivity index (χ1) is 4.92. The lowest BCUT2D eigenvalue weighted by Gasteiger charge is -2.19. The molecule has 0 saturated carbocycles. The molecule has 0 heterocycles. The van der Waals surface area contributed by atoms with Gasteiger partial charge in [0.15, 0.2) is 0 Å². The Hall–Kier alpha value is -0.0800. The first-order valence-corrected chi connectivity index (χ1v) is 4.24. The fourth-order valence-corrected chi connectivity index (χ4v) is 0.757. The third-order valence-corrected chi connectivity index (χ3v) is 1.30. The zero-order valence-corrected chi connectivity index (χ0v) is 8.05. The maximum atomic E-state index is 8.93. The number of ether oxygens (including phenoxy) is 1. The molecule has 0 aromatic rings. The lowest BCUT2D eigenvalue weighted by molar-refractivity contribution is -0.00802. The van der Waals surface area contributed by atoms with Crippen LogP contribution in [0.25, 0.3) is 0 Å². The van der Waals surface area contributed by atoms with Crippen molar-refractivity contribution in [3.63, 3.8) is 0 Å². The van der Waals surface area contributed by atoms with Crippen molar-refractivity contribution < 1.29 is 9.84 Å². The van der Waals surface area contributed by atoms with Crippen LogP contribution in [0.15, 0.2) is 0 Å². The number of rotatable bonds is 4. The normalized spacial score (nSPS) is 15.0. The predicted molar refractivity (Wildman–Crippen MR) is 46.6 cm³/mol. The van der Waals surface area contributed by atoms with E-state index in [9.17, 15) is 0 Å². The molecule has 0 amide bonds. The van der Waals surface area contributed by atoms with Crippen molar-refractivity contribution in [3.05, 3.63) is 0 Å². The van der Waals surface area contributed by atoms with Crippen molar-refractivity contribution in [2.75, 3.05) is 6.61 Å². The Morgan fingerprint density at radius 3 is 2.27 bits per heavy atom. The van der Waals surface area contributed by atoms with Crippen molar-refractivity contribution in [2.24, 2.45) is 0 Å². The maximum Gasteiger partial charge on any atom is 0.0598 e. The molecule has 0 fully saturated rings. The molecule has 0 aliphatic carbocycles. The Labute approximate surface area is 69.6 Å². The molecule has 2 nitrogen and oxygen atoms in total. The highest BCUT2D eigenvalue weighted by atomic mass is 16.5. The fourth-order valence-electron chi connectivity index (χ4n) is 0.757. The molecular formula is C9H20O2. The van der Waals surface area contributed by atoms with Crippen molar-refractivity contribution in [1.29, 1.82) is 0 Å². The van der Waals surface area contributed by atoms with E-state index in [0.717, 1.165) is 19.4 Å². The minimum absolute atomic E-state index is 0.0430. The predicted octanol–water partition coefficient (Wildman–Crippen LogP) is 1.96. The van der Waals surface area contributed by atoms with E-state index >= 15 is 0 Å². The molecule has 0 aromatic heterocycles. The number of hydrogen-bond donors (Lipinski definition) is 1. The van der Waals surface area contributed by atoms with Gasteiger partial charge in [-0.25, -0.2) is 0 Å². The first kappa shape index (κ1) is 10.9. The molecule has 0 saturated heterocycles. The van der Waals surface area contributed by atoms with Gasteiger partial charge in [-0.2, -0.15) is 0 Å². The van der Waals surface area contributed by atoms with E-state index in [1.54, 1.807) is 6.92 Å². The van der Waals surface area contributed by atoms with E-state index in [1.807, 2.05) is 20.8 Å². The van der Waals surface area contributed by atoms with Gasteiger partial charge in [-0.1, -0.05) is 0 Å². The second-order valence-corrected chi connectivity index (χ2v) is 3.95. The lowest BCUT2D eigenvalue weighted by atomic mass is 10.2. The van der Waals surface area contributed by atoms with Gasteiger partial charge in [0, 0.05) is 6.61 Å². The van der Waals surface area contributed by atoms with Crippen molar-refractivity contribution in [2.45, 2.75) is 52.2 Å². The summed E-state index contributed by atoms with van der Waals surface area (Å²) in [4.78, 5) is 0. The molecular weight excluding hydrogens is 140 g/mol. The van der Waals surface area contributed by atoms with E-state index in [1.165, 1.54) is 0 Å².